The van der Waals surface area contributed by atoms with Crippen molar-refractivity contribution in [1.29, 1.82) is 0 Å². The minimum Gasteiger partial charge on any atom is -0.504 e. The Bertz CT molecular complexity index is 1770. The molecule has 3 aromatic carbocycles. The number of aromatic hydroxyl groups is 1. The third-order valence-electron chi connectivity index (χ3n) is 6.85. The predicted molar refractivity (Wildman–Crippen MR) is 153 cm³/mol. The van der Waals surface area contributed by atoms with Gasteiger partial charge in [-0.1, -0.05) is 47.7 Å². The van der Waals surface area contributed by atoms with Gasteiger partial charge < -0.3 is 14.6 Å². The standard InChI is InChI=1S/C29H23IN2O4S/c1-35-19-8-5-7-18(15-19)26-21-11-10-17-6-3-4-9-20(17)25(21)31-29-32(26)28(34)24(37-29)14-16-12-22(30)27(33)23(13-16)36-2/h3-9,12-15,26,33H,10-11H2,1-2H3. The Morgan fingerprint density at radius 1 is 1.08 bits per heavy atom. The lowest BCUT2D eigenvalue weighted by Gasteiger charge is -2.31. The van der Waals surface area contributed by atoms with E-state index in [2.05, 4.69) is 40.8 Å². The number of allylic oxidation sites excluding steroid dienone is 1. The molecule has 0 radical (unpaired) electrons. The van der Waals surface area contributed by atoms with Gasteiger partial charge >= 0.3 is 0 Å². The maximum absolute atomic E-state index is 13.9. The van der Waals surface area contributed by atoms with Gasteiger partial charge in [0.15, 0.2) is 16.3 Å². The normalized spacial score (nSPS) is 16.5. The van der Waals surface area contributed by atoms with Crippen molar-refractivity contribution in [2.75, 3.05) is 14.2 Å². The van der Waals surface area contributed by atoms with Crippen molar-refractivity contribution in [2.24, 2.45) is 4.99 Å². The Morgan fingerprint density at radius 2 is 1.92 bits per heavy atom. The van der Waals surface area contributed by atoms with Crippen LogP contribution in [0.2, 0.25) is 0 Å². The fraction of sp³-hybridized carbons (Fsp3) is 0.172. The summed E-state index contributed by atoms with van der Waals surface area (Å²) in [6.07, 6.45) is 3.57. The summed E-state index contributed by atoms with van der Waals surface area (Å²) < 4.78 is 13.9. The minimum atomic E-state index is -0.272. The van der Waals surface area contributed by atoms with Gasteiger partial charge in [0, 0.05) is 5.56 Å². The van der Waals surface area contributed by atoms with E-state index < -0.39 is 0 Å². The van der Waals surface area contributed by atoms with Crippen molar-refractivity contribution in [3.8, 4) is 17.2 Å². The zero-order chi connectivity index (χ0) is 25.7. The molecule has 0 saturated heterocycles. The van der Waals surface area contributed by atoms with Crippen LogP contribution in [0.4, 0.5) is 0 Å². The van der Waals surface area contributed by atoms with E-state index in [1.807, 2.05) is 47.0 Å². The van der Waals surface area contributed by atoms with Gasteiger partial charge in [0.25, 0.3) is 5.56 Å². The highest BCUT2D eigenvalue weighted by Crippen LogP contribution is 2.41. The van der Waals surface area contributed by atoms with E-state index in [9.17, 15) is 9.90 Å². The number of phenols is 1. The zero-order valence-electron chi connectivity index (χ0n) is 20.2. The topological polar surface area (TPSA) is 73.1 Å². The molecule has 1 atom stereocenters. The Balaban J connectivity index is 1.61. The third kappa shape index (κ3) is 4.08. The number of thiazole rings is 1. The number of phenolic OH excluding ortho intramolecular Hbond substituents is 1. The number of hydrogen-bond acceptors (Lipinski definition) is 6. The van der Waals surface area contributed by atoms with Crippen molar-refractivity contribution in [3.05, 3.63) is 112 Å². The molecular formula is C29H23IN2O4S. The molecule has 8 heteroatoms. The van der Waals surface area contributed by atoms with E-state index in [0.717, 1.165) is 46.6 Å². The van der Waals surface area contributed by atoms with E-state index in [4.69, 9.17) is 14.5 Å². The number of ether oxygens (including phenoxy) is 2. The molecule has 6 rings (SSSR count). The highest BCUT2D eigenvalue weighted by Gasteiger charge is 2.32. The van der Waals surface area contributed by atoms with Gasteiger partial charge in [-0.15, -0.1) is 0 Å². The number of methoxy groups -OCH3 is 2. The zero-order valence-corrected chi connectivity index (χ0v) is 23.2. The van der Waals surface area contributed by atoms with Crippen LogP contribution in [0.3, 0.4) is 0 Å². The molecule has 186 valence electrons. The summed E-state index contributed by atoms with van der Waals surface area (Å²) in [6, 6.07) is 19.6. The maximum atomic E-state index is 13.9. The van der Waals surface area contributed by atoms with Gasteiger partial charge in [0.2, 0.25) is 0 Å². The van der Waals surface area contributed by atoms with Crippen molar-refractivity contribution < 1.29 is 14.6 Å². The number of benzene rings is 3. The van der Waals surface area contributed by atoms with Crippen LogP contribution in [0, 0.1) is 3.57 Å². The fourth-order valence-electron chi connectivity index (χ4n) is 5.12. The molecule has 1 N–H and O–H groups in total. The second-order valence-electron chi connectivity index (χ2n) is 8.94. The molecule has 1 aliphatic heterocycles. The molecule has 0 spiro atoms. The molecule has 1 aromatic heterocycles. The van der Waals surface area contributed by atoms with Gasteiger partial charge in [-0.25, -0.2) is 4.99 Å². The van der Waals surface area contributed by atoms with Gasteiger partial charge in [-0.2, -0.15) is 0 Å². The first-order valence-electron chi connectivity index (χ1n) is 11.8. The van der Waals surface area contributed by atoms with Crippen LogP contribution in [0.15, 0.2) is 76.0 Å². The van der Waals surface area contributed by atoms with Gasteiger partial charge in [0.05, 0.1) is 34.1 Å². The second kappa shape index (κ2) is 9.50. The Labute approximate surface area is 231 Å². The first kappa shape index (κ1) is 24.0. The fourth-order valence-corrected chi connectivity index (χ4v) is 6.74. The Morgan fingerprint density at radius 3 is 2.73 bits per heavy atom. The number of fused-ring (bicyclic) bond motifs is 3. The summed E-state index contributed by atoms with van der Waals surface area (Å²) >= 11 is 3.44. The molecule has 1 aliphatic carbocycles. The van der Waals surface area contributed by atoms with Crippen molar-refractivity contribution in [2.45, 2.75) is 18.9 Å². The average Bonchev–Trinajstić information content (AvgIpc) is 3.23. The summed E-state index contributed by atoms with van der Waals surface area (Å²) in [5.74, 6) is 1.21. The van der Waals surface area contributed by atoms with Crippen LogP contribution in [-0.2, 0) is 6.42 Å². The predicted octanol–water partition coefficient (Wildman–Crippen LogP) is 4.65. The molecule has 1 unspecified atom stereocenters. The summed E-state index contributed by atoms with van der Waals surface area (Å²) in [5, 5.41) is 10.2. The molecule has 2 heterocycles. The first-order chi connectivity index (χ1) is 18.0. The summed E-state index contributed by atoms with van der Waals surface area (Å²) in [5.41, 5.74) is 6.19. The number of aromatic nitrogens is 1. The van der Waals surface area contributed by atoms with Crippen molar-refractivity contribution >= 4 is 45.7 Å². The van der Waals surface area contributed by atoms with Gasteiger partial charge in [0.1, 0.15) is 5.75 Å². The van der Waals surface area contributed by atoms with E-state index in [1.54, 1.807) is 13.2 Å². The largest absolute Gasteiger partial charge is 0.504 e. The molecule has 0 amide bonds. The maximum Gasteiger partial charge on any atom is 0.271 e. The number of hydrogen-bond donors (Lipinski definition) is 1. The number of halogens is 1. The molecule has 4 aromatic rings. The van der Waals surface area contributed by atoms with E-state index in [0.29, 0.717) is 18.7 Å². The van der Waals surface area contributed by atoms with Crippen LogP contribution < -0.4 is 24.4 Å². The molecule has 2 aliphatic rings. The second-order valence-corrected chi connectivity index (χ2v) is 11.1. The smallest absolute Gasteiger partial charge is 0.271 e. The minimum absolute atomic E-state index is 0.0890. The number of rotatable bonds is 4. The number of aryl methyl sites for hydroxylation is 1. The van der Waals surface area contributed by atoms with Crippen LogP contribution in [0.1, 0.15) is 34.7 Å². The molecule has 0 bridgehead atoms. The molecular weight excluding hydrogens is 599 g/mol. The monoisotopic (exact) mass is 622 g/mol. The third-order valence-corrected chi connectivity index (χ3v) is 8.66. The Hall–Kier alpha value is -3.37. The lowest BCUT2D eigenvalue weighted by molar-refractivity contribution is 0.371. The highest BCUT2D eigenvalue weighted by molar-refractivity contribution is 14.1. The van der Waals surface area contributed by atoms with Crippen LogP contribution in [0.5, 0.6) is 17.2 Å². The average molecular weight is 622 g/mol. The van der Waals surface area contributed by atoms with Gasteiger partial charge in [-0.05, 0) is 88.0 Å². The van der Waals surface area contributed by atoms with Crippen LogP contribution in [-0.4, -0.2) is 23.9 Å². The lowest BCUT2D eigenvalue weighted by atomic mass is 9.83. The van der Waals surface area contributed by atoms with Crippen molar-refractivity contribution in [1.82, 2.24) is 4.57 Å². The van der Waals surface area contributed by atoms with Crippen LogP contribution >= 0.6 is 33.9 Å². The molecule has 0 fully saturated rings. The molecule has 0 saturated carbocycles. The lowest BCUT2D eigenvalue weighted by Crippen LogP contribution is -2.38. The first-order valence-corrected chi connectivity index (χ1v) is 13.7. The quantitative estimate of drug-likeness (QED) is 0.337. The van der Waals surface area contributed by atoms with E-state index >= 15 is 0 Å². The molecule has 37 heavy (non-hydrogen) atoms. The summed E-state index contributed by atoms with van der Waals surface area (Å²) in [7, 11) is 3.17. The summed E-state index contributed by atoms with van der Waals surface area (Å²) in [4.78, 5) is 19.7. The van der Waals surface area contributed by atoms with Crippen LogP contribution in [0.25, 0.3) is 11.8 Å². The highest BCUT2D eigenvalue weighted by atomic mass is 127. The van der Waals surface area contributed by atoms with Gasteiger partial charge in [-0.3, -0.25) is 9.36 Å². The number of nitrogens with zero attached hydrogens (tertiary/aromatic N) is 2. The van der Waals surface area contributed by atoms with E-state index in [-0.39, 0.29) is 17.4 Å². The SMILES string of the molecule is COc1cccc(C2C3=C(N=c4sc(=Cc5cc(I)c(O)c(OC)c5)c(=O)n42)c2ccccc2CC3)c1. The Kier molecular flexibility index (Phi) is 6.16. The van der Waals surface area contributed by atoms with Crippen molar-refractivity contribution in [3.63, 3.8) is 0 Å². The molecule has 6 nitrogen and oxygen atoms in total. The van der Waals surface area contributed by atoms with E-state index in [1.165, 1.54) is 24.0 Å². The summed E-state index contributed by atoms with van der Waals surface area (Å²) in [6.45, 7) is 0.